The molecule has 136 valence electrons. The summed E-state index contributed by atoms with van der Waals surface area (Å²) in [5.41, 5.74) is 7.67. The van der Waals surface area contributed by atoms with Gasteiger partial charge in [-0.05, 0) is 43.2 Å². The Labute approximate surface area is 164 Å². The van der Waals surface area contributed by atoms with Gasteiger partial charge in [-0.15, -0.1) is 0 Å². The molecule has 0 bridgehead atoms. The molecular formula is C24H20N4. The van der Waals surface area contributed by atoms with Crippen LogP contribution in [0.4, 0.5) is 11.4 Å². The molecule has 0 aliphatic rings. The van der Waals surface area contributed by atoms with Gasteiger partial charge in [0.05, 0.1) is 11.3 Å². The molecule has 0 saturated carbocycles. The summed E-state index contributed by atoms with van der Waals surface area (Å²) >= 11 is 0. The van der Waals surface area contributed by atoms with E-state index < -0.39 is 0 Å². The van der Waals surface area contributed by atoms with Crippen LogP contribution in [-0.2, 0) is 0 Å². The largest absolute Gasteiger partial charge is 0.361 e. The minimum absolute atomic E-state index is 0.514. The molecule has 4 nitrogen and oxygen atoms in total. The molecule has 0 saturated heterocycles. The fraction of sp³-hybridized carbons (Fsp3) is 0.0833. The van der Waals surface area contributed by atoms with Crippen LogP contribution in [0.3, 0.4) is 0 Å². The molecule has 2 aromatic heterocycles. The number of aromatic nitrogens is 2. The van der Waals surface area contributed by atoms with Crippen molar-refractivity contribution in [3.8, 4) is 6.07 Å². The average molecular weight is 364 g/mol. The lowest BCUT2D eigenvalue weighted by Gasteiger charge is -2.14. The van der Waals surface area contributed by atoms with Crippen LogP contribution in [0.25, 0.3) is 23.1 Å². The van der Waals surface area contributed by atoms with Gasteiger partial charge in [0.1, 0.15) is 6.07 Å². The van der Waals surface area contributed by atoms with E-state index in [1.54, 1.807) is 12.4 Å². The summed E-state index contributed by atoms with van der Waals surface area (Å²) in [5, 5.41) is 14.2. The number of nitrogens with zero attached hydrogens (tertiary/aromatic N) is 2. The third kappa shape index (κ3) is 3.38. The Morgan fingerprint density at radius 1 is 1.00 bits per heavy atom. The fourth-order valence-electron chi connectivity index (χ4n) is 3.24. The first kappa shape index (κ1) is 17.6. The number of aryl methyl sites for hydroxylation is 2. The number of nitrogens with one attached hydrogen (secondary N) is 2. The first-order valence-electron chi connectivity index (χ1n) is 9.12. The maximum Gasteiger partial charge on any atom is 0.103 e. The predicted octanol–water partition coefficient (Wildman–Crippen LogP) is 5.97. The molecule has 0 unspecified atom stereocenters. The third-order valence-electron chi connectivity index (χ3n) is 4.89. The number of fused-ring (bicyclic) bond motifs is 1. The maximum atomic E-state index is 9.59. The van der Waals surface area contributed by atoms with Crippen molar-refractivity contribution in [2.24, 2.45) is 0 Å². The van der Waals surface area contributed by atoms with E-state index in [4.69, 9.17) is 0 Å². The number of rotatable bonds is 4. The van der Waals surface area contributed by atoms with E-state index in [2.05, 4.69) is 65.5 Å². The van der Waals surface area contributed by atoms with Gasteiger partial charge in [0.25, 0.3) is 0 Å². The van der Waals surface area contributed by atoms with Crippen molar-refractivity contribution in [2.45, 2.75) is 13.8 Å². The van der Waals surface area contributed by atoms with Crippen LogP contribution in [0.1, 0.15) is 27.8 Å². The summed E-state index contributed by atoms with van der Waals surface area (Å²) in [4.78, 5) is 7.46. The molecule has 4 rings (SSSR count). The maximum absolute atomic E-state index is 9.59. The van der Waals surface area contributed by atoms with Crippen molar-refractivity contribution in [1.29, 1.82) is 5.26 Å². The molecule has 2 heterocycles. The SMILES string of the molecule is Cc1ccc(/C=C/c2cncc(C#N)c2Nc2ccc3[nH]ccc3c2C)cc1. The number of pyridine rings is 1. The summed E-state index contributed by atoms with van der Waals surface area (Å²) in [6.45, 7) is 4.15. The van der Waals surface area contributed by atoms with Gasteiger partial charge >= 0.3 is 0 Å². The zero-order valence-corrected chi connectivity index (χ0v) is 15.8. The highest BCUT2D eigenvalue weighted by Gasteiger charge is 2.11. The van der Waals surface area contributed by atoms with Gasteiger partial charge in [-0.2, -0.15) is 5.26 Å². The van der Waals surface area contributed by atoms with Gasteiger partial charge in [-0.3, -0.25) is 4.98 Å². The summed E-state index contributed by atoms with van der Waals surface area (Å²) in [6.07, 6.45) is 9.33. The molecule has 0 aliphatic heterocycles. The molecule has 0 aliphatic carbocycles. The first-order chi connectivity index (χ1) is 13.7. The van der Waals surface area contributed by atoms with Crippen molar-refractivity contribution >= 4 is 34.4 Å². The van der Waals surface area contributed by atoms with Gasteiger partial charge in [0.15, 0.2) is 0 Å². The Morgan fingerprint density at radius 2 is 1.82 bits per heavy atom. The minimum Gasteiger partial charge on any atom is -0.361 e. The van der Waals surface area contributed by atoms with Gasteiger partial charge in [0.2, 0.25) is 0 Å². The van der Waals surface area contributed by atoms with E-state index in [1.165, 1.54) is 5.56 Å². The Kier molecular flexibility index (Phi) is 4.65. The van der Waals surface area contributed by atoms with Crippen LogP contribution >= 0.6 is 0 Å². The van der Waals surface area contributed by atoms with Crippen molar-refractivity contribution in [3.05, 3.63) is 88.9 Å². The number of aromatic amines is 1. The predicted molar refractivity (Wildman–Crippen MR) is 115 cm³/mol. The standard InChI is InChI=1S/C24H20N4/c1-16-3-5-18(6-4-16)7-8-19-14-26-15-20(13-25)24(19)28-22-9-10-23-21(17(22)2)11-12-27-23/h3-12,14-15,27H,1-2H3,(H,26,28)/b8-7+. The fourth-order valence-corrected chi connectivity index (χ4v) is 3.24. The normalized spacial score (nSPS) is 11.0. The van der Waals surface area contributed by atoms with E-state index in [1.807, 2.05) is 30.5 Å². The molecule has 4 aromatic rings. The molecule has 0 radical (unpaired) electrons. The number of anilines is 2. The number of H-pyrrole nitrogens is 1. The first-order valence-corrected chi connectivity index (χ1v) is 9.12. The second-order valence-electron chi connectivity index (χ2n) is 6.81. The number of hydrogen-bond donors (Lipinski definition) is 2. The monoisotopic (exact) mass is 364 g/mol. The lowest BCUT2D eigenvalue weighted by atomic mass is 10.1. The lowest BCUT2D eigenvalue weighted by Crippen LogP contribution is -1.99. The van der Waals surface area contributed by atoms with E-state index in [9.17, 15) is 5.26 Å². The number of nitriles is 1. The second-order valence-corrected chi connectivity index (χ2v) is 6.81. The van der Waals surface area contributed by atoms with Gasteiger partial charge in [-0.1, -0.05) is 42.0 Å². The Morgan fingerprint density at radius 3 is 2.61 bits per heavy atom. The smallest absolute Gasteiger partial charge is 0.103 e. The van der Waals surface area contributed by atoms with E-state index >= 15 is 0 Å². The summed E-state index contributed by atoms with van der Waals surface area (Å²) in [6, 6.07) is 16.7. The van der Waals surface area contributed by atoms with Crippen molar-refractivity contribution in [3.63, 3.8) is 0 Å². The van der Waals surface area contributed by atoms with Crippen LogP contribution in [0, 0.1) is 25.2 Å². The topological polar surface area (TPSA) is 64.5 Å². The van der Waals surface area contributed by atoms with Crippen LogP contribution in [0.2, 0.25) is 0 Å². The molecule has 0 fully saturated rings. The molecular weight excluding hydrogens is 344 g/mol. The van der Waals surface area contributed by atoms with Gasteiger partial charge in [0, 0.05) is 40.7 Å². The highest BCUT2D eigenvalue weighted by Crippen LogP contribution is 2.31. The molecule has 0 spiro atoms. The molecule has 2 N–H and O–H groups in total. The van der Waals surface area contributed by atoms with Crippen LogP contribution < -0.4 is 5.32 Å². The van der Waals surface area contributed by atoms with E-state index in [-0.39, 0.29) is 0 Å². The molecule has 0 amide bonds. The molecule has 2 aromatic carbocycles. The van der Waals surface area contributed by atoms with Crippen LogP contribution in [-0.4, -0.2) is 9.97 Å². The second kappa shape index (κ2) is 7.42. The number of hydrogen-bond acceptors (Lipinski definition) is 3. The highest BCUT2D eigenvalue weighted by molar-refractivity contribution is 5.90. The van der Waals surface area contributed by atoms with Gasteiger partial charge < -0.3 is 10.3 Å². The van der Waals surface area contributed by atoms with E-state index in [0.717, 1.165) is 39.0 Å². The van der Waals surface area contributed by atoms with Crippen molar-refractivity contribution in [2.75, 3.05) is 5.32 Å². The lowest BCUT2D eigenvalue weighted by molar-refractivity contribution is 1.28. The minimum atomic E-state index is 0.514. The zero-order chi connectivity index (χ0) is 19.5. The Bertz CT molecular complexity index is 1210. The quantitative estimate of drug-likeness (QED) is 0.469. The molecule has 4 heteroatoms. The molecule has 0 atom stereocenters. The summed E-state index contributed by atoms with van der Waals surface area (Å²) in [5.74, 6) is 0. The highest BCUT2D eigenvalue weighted by atomic mass is 14.9. The summed E-state index contributed by atoms with van der Waals surface area (Å²) < 4.78 is 0. The van der Waals surface area contributed by atoms with Crippen LogP contribution in [0.5, 0.6) is 0 Å². The number of benzene rings is 2. The zero-order valence-electron chi connectivity index (χ0n) is 15.8. The summed E-state index contributed by atoms with van der Waals surface area (Å²) in [7, 11) is 0. The Balaban J connectivity index is 1.74. The Hall–Kier alpha value is -3.84. The van der Waals surface area contributed by atoms with E-state index in [0.29, 0.717) is 5.56 Å². The van der Waals surface area contributed by atoms with Crippen LogP contribution in [0.15, 0.2) is 61.1 Å². The third-order valence-corrected chi connectivity index (χ3v) is 4.89. The van der Waals surface area contributed by atoms with Crippen molar-refractivity contribution in [1.82, 2.24) is 9.97 Å². The van der Waals surface area contributed by atoms with Gasteiger partial charge in [-0.25, -0.2) is 0 Å². The molecule has 28 heavy (non-hydrogen) atoms. The average Bonchev–Trinajstić information content (AvgIpc) is 3.20. The van der Waals surface area contributed by atoms with Crippen molar-refractivity contribution < 1.29 is 0 Å².